The molecule has 3 heteroatoms. The molecule has 0 fully saturated rings. The zero-order valence-corrected chi connectivity index (χ0v) is 11.2. The van der Waals surface area contributed by atoms with Gasteiger partial charge >= 0.3 is 0 Å². The summed E-state index contributed by atoms with van der Waals surface area (Å²) in [5, 5.41) is 0. The van der Waals surface area contributed by atoms with Gasteiger partial charge in [-0.15, -0.1) is 0 Å². The quantitative estimate of drug-likeness (QED) is 0.831. The van der Waals surface area contributed by atoms with Crippen molar-refractivity contribution in [2.45, 2.75) is 39.4 Å². The molecule has 2 aromatic rings. The topological polar surface area (TPSA) is 31.9 Å². The van der Waals surface area contributed by atoms with E-state index in [2.05, 4.69) is 42.8 Å². The van der Waals surface area contributed by atoms with Crippen LogP contribution in [0.5, 0.6) is 0 Å². The first-order valence-electron chi connectivity index (χ1n) is 6.42. The van der Waals surface area contributed by atoms with Crippen LogP contribution >= 0.6 is 0 Å². The van der Waals surface area contributed by atoms with Gasteiger partial charge in [0.25, 0.3) is 0 Å². The summed E-state index contributed by atoms with van der Waals surface area (Å²) in [7, 11) is 0. The van der Waals surface area contributed by atoms with Gasteiger partial charge in [0.2, 0.25) is 0 Å². The number of nitrogens with one attached hydrogen (secondary N) is 1. The Hall–Kier alpha value is -1.61. The van der Waals surface area contributed by atoms with Crippen molar-refractivity contribution in [3.8, 4) is 11.4 Å². The second-order valence-corrected chi connectivity index (χ2v) is 5.90. The normalized spacial score (nSPS) is 15.9. The first kappa shape index (κ1) is 11.5. The van der Waals surface area contributed by atoms with Crippen LogP contribution in [-0.4, -0.2) is 20.4 Å². The van der Waals surface area contributed by atoms with E-state index in [4.69, 9.17) is 4.98 Å². The van der Waals surface area contributed by atoms with Crippen LogP contribution in [-0.2, 0) is 13.1 Å². The lowest BCUT2D eigenvalue weighted by Crippen LogP contribution is -2.37. The molecule has 1 aromatic carbocycles. The van der Waals surface area contributed by atoms with Crippen LogP contribution in [0, 0.1) is 0 Å². The molecule has 1 N–H and O–H groups in total. The fourth-order valence-electron chi connectivity index (χ4n) is 2.34. The van der Waals surface area contributed by atoms with E-state index in [1.54, 1.807) is 0 Å². The van der Waals surface area contributed by atoms with E-state index < -0.39 is 0 Å². The predicted molar refractivity (Wildman–Crippen MR) is 73.0 cm³/mol. The number of hydrogen-bond acceptors (Lipinski definition) is 2. The Bertz CT molecular complexity index is 525. The number of hydrogen-bond donors (Lipinski definition) is 1. The molecule has 1 aliphatic heterocycles. The Balaban J connectivity index is 1.87. The molecule has 0 bridgehead atoms. The maximum absolute atomic E-state index is 4.73. The van der Waals surface area contributed by atoms with E-state index in [1.807, 2.05) is 18.2 Å². The third kappa shape index (κ3) is 1.95. The van der Waals surface area contributed by atoms with Crippen molar-refractivity contribution >= 4 is 0 Å². The summed E-state index contributed by atoms with van der Waals surface area (Å²) >= 11 is 0. The number of imidazole rings is 1. The monoisotopic (exact) mass is 241 g/mol. The second-order valence-electron chi connectivity index (χ2n) is 5.90. The van der Waals surface area contributed by atoms with Crippen molar-refractivity contribution in [1.29, 1.82) is 0 Å². The van der Waals surface area contributed by atoms with Crippen LogP contribution < -0.4 is 0 Å². The first-order valence-corrected chi connectivity index (χ1v) is 6.42. The molecule has 3 nitrogen and oxygen atoms in total. The molecule has 2 heterocycles. The molecule has 0 saturated carbocycles. The van der Waals surface area contributed by atoms with Gasteiger partial charge in [0, 0.05) is 24.2 Å². The number of benzene rings is 1. The van der Waals surface area contributed by atoms with E-state index in [0.29, 0.717) is 0 Å². The molecule has 0 spiro atoms. The smallest absolute Gasteiger partial charge is 0.137 e. The van der Waals surface area contributed by atoms with Crippen LogP contribution in [0.25, 0.3) is 11.4 Å². The lowest BCUT2D eigenvalue weighted by molar-refractivity contribution is 0.134. The summed E-state index contributed by atoms with van der Waals surface area (Å²) < 4.78 is 0. The zero-order valence-electron chi connectivity index (χ0n) is 11.2. The summed E-state index contributed by atoms with van der Waals surface area (Å²) in [6, 6.07) is 10.3. The minimum atomic E-state index is 0.203. The van der Waals surface area contributed by atoms with Gasteiger partial charge in [-0.2, -0.15) is 0 Å². The minimum absolute atomic E-state index is 0.203. The third-order valence-electron chi connectivity index (χ3n) is 3.55. The third-order valence-corrected chi connectivity index (χ3v) is 3.55. The predicted octanol–water partition coefficient (Wildman–Crippen LogP) is 3.19. The van der Waals surface area contributed by atoms with Crippen molar-refractivity contribution in [2.75, 3.05) is 0 Å². The van der Waals surface area contributed by atoms with Gasteiger partial charge in [0.1, 0.15) is 5.82 Å². The van der Waals surface area contributed by atoms with E-state index in [9.17, 15) is 0 Å². The van der Waals surface area contributed by atoms with Crippen molar-refractivity contribution in [3.05, 3.63) is 41.7 Å². The largest absolute Gasteiger partial charge is 0.341 e. The minimum Gasteiger partial charge on any atom is -0.341 e. The molecule has 0 amide bonds. The van der Waals surface area contributed by atoms with Crippen LogP contribution in [0.1, 0.15) is 32.2 Å². The lowest BCUT2D eigenvalue weighted by atomic mass is 10.1. The molecule has 18 heavy (non-hydrogen) atoms. The summed E-state index contributed by atoms with van der Waals surface area (Å²) in [5.41, 5.74) is 3.83. The Kier molecular flexibility index (Phi) is 2.52. The van der Waals surface area contributed by atoms with Crippen LogP contribution in [0.4, 0.5) is 0 Å². The average Bonchev–Trinajstić information content (AvgIpc) is 2.86. The van der Waals surface area contributed by atoms with Crippen LogP contribution in [0.15, 0.2) is 30.3 Å². The van der Waals surface area contributed by atoms with Gasteiger partial charge < -0.3 is 4.98 Å². The molecule has 0 unspecified atom stereocenters. The summed E-state index contributed by atoms with van der Waals surface area (Å²) in [4.78, 5) is 10.6. The molecule has 1 aromatic heterocycles. The fourth-order valence-corrected chi connectivity index (χ4v) is 2.34. The molecular formula is C15H19N3. The Morgan fingerprint density at radius 1 is 1.11 bits per heavy atom. The van der Waals surface area contributed by atoms with Crippen LogP contribution in [0.3, 0.4) is 0 Å². The lowest BCUT2D eigenvalue weighted by Gasteiger charge is -2.31. The van der Waals surface area contributed by atoms with Gasteiger partial charge in [-0.3, -0.25) is 4.90 Å². The van der Waals surface area contributed by atoms with Gasteiger partial charge in [-0.25, -0.2) is 4.98 Å². The number of fused-ring (bicyclic) bond motifs is 1. The number of nitrogens with zero attached hydrogens (tertiary/aromatic N) is 2. The second kappa shape index (κ2) is 3.95. The SMILES string of the molecule is CC(C)(C)N1Cc2nc(-c3ccccc3)[nH]c2C1. The highest BCUT2D eigenvalue weighted by Gasteiger charge is 2.30. The Morgan fingerprint density at radius 2 is 1.83 bits per heavy atom. The standard InChI is InChI=1S/C15H19N3/c1-15(2,3)18-9-12-13(10-18)17-14(16-12)11-7-5-4-6-8-11/h4-8H,9-10H2,1-3H3,(H,16,17). The Morgan fingerprint density at radius 3 is 2.44 bits per heavy atom. The van der Waals surface area contributed by atoms with Gasteiger partial charge in [0.15, 0.2) is 0 Å². The first-order chi connectivity index (χ1) is 8.54. The maximum atomic E-state index is 4.73. The fraction of sp³-hybridized carbons (Fsp3) is 0.400. The molecule has 3 rings (SSSR count). The molecule has 0 aliphatic carbocycles. The average molecular weight is 241 g/mol. The number of aromatic nitrogens is 2. The molecule has 0 atom stereocenters. The maximum Gasteiger partial charge on any atom is 0.137 e. The van der Waals surface area contributed by atoms with Crippen molar-refractivity contribution in [2.24, 2.45) is 0 Å². The molecule has 0 radical (unpaired) electrons. The number of rotatable bonds is 1. The van der Waals surface area contributed by atoms with Gasteiger partial charge in [-0.1, -0.05) is 30.3 Å². The highest BCUT2D eigenvalue weighted by Crippen LogP contribution is 2.29. The molecular weight excluding hydrogens is 222 g/mol. The van der Waals surface area contributed by atoms with Crippen molar-refractivity contribution in [1.82, 2.24) is 14.9 Å². The molecule has 0 saturated heterocycles. The highest BCUT2D eigenvalue weighted by atomic mass is 15.2. The van der Waals surface area contributed by atoms with Crippen molar-refractivity contribution < 1.29 is 0 Å². The van der Waals surface area contributed by atoms with E-state index >= 15 is 0 Å². The van der Waals surface area contributed by atoms with Crippen molar-refractivity contribution in [3.63, 3.8) is 0 Å². The van der Waals surface area contributed by atoms with Gasteiger partial charge in [0.05, 0.1) is 11.4 Å². The number of aromatic amines is 1. The zero-order chi connectivity index (χ0) is 12.8. The molecule has 1 aliphatic rings. The van der Waals surface area contributed by atoms with E-state index in [1.165, 1.54) is 11.4 Å². The molecule has 94 valence electrons. The van der Waals surface area contributed by atoms with E-state index in [-0.39, 0.29) is 5.54 Å². The summed E-state index contributed by atoms with van der Waals surface area (Å²) in [6.07, 6.45) is 0. The van der Waals surface area contributed by atoms with Gasteiger partial charge in [-0.05, 0) is 20.8 Å². The highest BCUT2D eigenvalue weighted by molar-refractivity contribution is 5.55. The Labute approximate surface area is 108 Å². The summed E-state index contributed by atoms with van der Waals surface area (Å²) in [6.45, 7) is 8.66. The number of H-pyrrole nitrogens is 1. The van der Waals surface area contributed by atoms with Crippen LogP contribution in [0.2, 0.25) is 0 Å². The summed E-state index contributed by atoms with van der Waals surface area (Å²) in [5.74, 6) is 0.995. The van der Waals surface area contributed by atoms with E-state index in [0.717, 1.165) is 24.5 Å².